The van der Waals surface area contributed by atoms with Crippen LogP contribution in [-0.2, 0) is 27.8 Å². The molecule has 29 heavy (non-hydrogen) atoms. The summed E-state index contributed by atoms with van der Waals surface area (Å²) in [6.45, 7) is 0.588. The molecule has 1 saturated carbocycles. The molecule has 0 radical (unpaired) electrons. The normalized spacial score (nSPS) is 13.8. The van der Waals surface area contributed by atoms with Crippen LogP contribution in [0, 0.1) is 0 Å². The summed E-state index contributed by atoms with van der Waals surface area (Å²) in [5.41, 5.74) is 2.40. The largest absolute Gasteiger partial charge is 0.335 e. The molecule has 2 heterocycles. The first-order valence-electron chi connectivity index (χ1n) is 9.35. The van der Waals surface area contributed by atoms with Crippen molar-refractivity contribution in [1.82, 2.24) is 9.88 Å². The smallest absolute Gasteiger partial charge is 0.271 e. The average Bonchev–Trinajstić information content (AvgIpc) is 3.39. The van der Waals surface area contributed by atoms with Gasteiger partial charge in [-0.2, -0.15) is 0 Å². The summed E-state index contributed by atoms with van der Waals surface area (Å²) >= 11 is 1.17. The number of amides is 1. The van der Waals surface area contributed by atoms with Crippen LogP contribution in [0.2, 0.25) is 0 Å². The topological polar surface area (TPSA) is 79.4 Å². The van der Waals surface area contributed by atoms with Gasteiger partial charge in [0.2, 0.25) is 5.91 Å². The highest BCUT2D eigenvalue weighted by molar-refractivity contribution is 7.94. The number of hydrogen-bond acceptors (Lipinski definition) is 5. The molecule has 0 unspecified atom stereocenters. The number of benzene rings is 1. The van der Waals surface area contributed by atoms with Gasteiger partial charge in [-0.05, 0) is 59.7 Å². The first-order chi connectivity index (χ1) is 14.0. The van der Waals surface area contributed by atoms with Crippen LogP contribution in [0.1, 0.15) is 24.0 Å². The maximum Gasteiger partial charge on any atom is 0.271 e. The van der Waals surface area contributed by atoms with Gasteiger partial charge in [-0.15, -0.1) is 11.3 Å². The molecule has 0 bridgehead atoms. The third-order valence-electron chi connectivity index (χ3n) is 4.73. The summed E-state index contributed by atoms with van der Waals surface area (Å²) in [6, 6.07) is 14.4. The number of anilines is 1. The second kappa shape index (κ2) is 8.34. The minimum Gasteiger partial charge on any atom is -0.335 e. The van der Waals surface area contributed by atoms with Crippen LogP contribution >= 0.6 is 11.3 Å². The Kier molecular flexibility index (Phi) is 5.64. The molecule has 1 aliphatic carbocycles. The van der Waals surface area contributed by atoms with Crippen molar-refractivity contribution >= 4 is 33.0 Å². The summed E-state index contributed by atoms with van der Waals surface area (Å²) in [4.78, 5) is 18.8. The molecular weight excluding hydrogens is 406 g/mol. The molecule has 0 spiro atoms. The zero-order valence-corrected chi connectivity index (χ0v) is 17.3. The minimum atomic E-state index is -3.57. The third-order valence-corrected chi connectivity index (χ3v) is 7.51. The van der Waals surface area contributed by atoms with Gasteiger partial charge in [-0.1, -0.05) is 18.2 Å². The van der Waals surface area contributed by atoms with Crippen molar-refractivity contribution in [2.75, 3.05) is 4.72 Å². The number of nitrogens with zero attached hydrogens (tertiary/aromatic N) is 2. The summed E-state index contributed by atoms with van der Waals surface area (Å²) in [6.07, 6.45) is 5.85. The maximum atomic E-state index is 12.9. The Morgan fingerprint density at radius 1 is 1.07 bits per heavy atom. The predicted molar refractivity (Wildman–Crippen MR) is 113 cm³/mol. The van der Waals surface area contributed by atoms with E-state index in [0.717, 1.165) is 24.0 Å². The van der Waals surface area contributed by atoms with Gasteiger partial charge in [0.25, 0.3) is 10.0 Å². The van der Waals surface area contributed by atoms with Gasteiger partial charge >= 0.3 is 0 Å². The molecule has 3 aromatic rings. The van der Waals surface area contributed by atoms with Crippen LogP contribution in [0.4, 0.5) is 5.69 Å². The number of pyridine rings is 1. The summed E-state index contributed by atoms with van der Waals surface area (Å²) in [7, 11) is -3.57. The lowest BCUT2D eigenvalue weighted by Gasteiger charge is -2.22. The molecule has 1 aromatic carbocycles. The molecule has 1 amide bonds. The number of aromatic nitrogens is 1. The number of sulfonamides is 1. The number of carbonyl (C=O) groups is 1. The Morgan fingerprint density at radius 2 is 1.79 bits per heavy atom. The summed E-state index contributed by atoms with van der Waals surface area (Å²) in [5, 5.41) is 1.72. The lowest BCUT2D eigenvalue weighted by atomic mass is 10.1. The lowest BCUT2D eigenvalue weighted by molar-refractivity contribution is -0.131. The molecule has 2 aromatic heterocycles. The fourth-order valence-electron chi connectivity index (χ4n) is 3.08. The van der Waals surface area contributed by atoms with Gasteiger partial charge in [0.1, 0.15) is 4.21 Å². The van der Waals surface area contributed by atoms with Crippen molar-refractivity contribution < 1.29 is 13.2 Å². The molecule has 8 heteroatoms. The van der Waals surface area contributed by atoms with E-state index in [2.05, 4.69) is 9.71 Å². The summed E-state index contributed by atoms with van der Waals surface area (Å²) < 4.78 is 27.4. The number of carbonyl (C=O) groups excluding carboxylic acids is 1. The van der Waals surface area contributed by atoms with Crippen LogP contribution in [0.3, 0.4) is 0 Å². The molecule has 1 aliphatic rings. The fraction of sp³-hybridized carbons (Fsp3) is 0.238. The highest BCUT2D eigenvalue weighted by Crippen LogP contribution is 2.29. The molecule has 1 fully saturated rings. The highest BCUT2D eigenvalue weighted by atomic mass is 32.2. The predicted octanol–water partition coefficient (Wildman–Crippen LogP) is 3.68. The van der Waals surface area contributed by atoms with E-state index in [9.17, 15) is 13.2 Å². The van der Waals surface area contributed by atoms with E-state index >= 15 is 0 Å². The van der Waals surface area contributed by atoms with E-state index in [1.165, 1.54) is 11.3 Å². The molecule has 0 aliphatic heterocycles. The molecule has 6 nitrogen and oxygen atoms in total. The second-order valence-corrected chi connectivity index (χ2v) is 9.88. The lowest BCUT2D eigenvalue weighted by Crippen LogP contribution is -2.33. The molecule has 4 rings (SSSR count). The van der Waals surface area contributed by atoms with Gasteiger partial charge in [0.15, 0.2) is 0 Å². The van der Waals surface area contributed by atoms with Gasteiger partial charge < -0.3 is 4.90 Å². The van der Waals surface area contributed by atoms with E-state index in [-0.39, 0.29) is 10.1 Å². The second-order valence-electron chi connectivity index (χ2n) is 7.02. The Labute approximate surface area is 174 Å². The van der Waals surface area contributed by atoms with E-state index in [4.69, 9.17) is 0 Å². The van der Waals surface area contributed by atoms with Crippen molar-refractivity contribution in [3.63, 3.8) is 0 Å². The number of thiophene rings is 1. The average molecular weight is 428 g/mol. The molecule has 150 valence electrons. The molecular formula is C21H21N3O3S2. The van der Waals surface area contributed by atoms with Gasteiger partial charge in [-0.3, -0.25) is 14.5 Å². The van der Waals surface area contributed by atoms with E-state index in [0.29, 0.717) is 24.7 Å². The van der Waals surface area contributed by atoms with Crippen LogP contribution in [0.5, 0.6) is 0 Å². The quantitative estimate of drug-likeness (QED) is 0.595. The van der Waals surface area contributed by atoms with Crippen LogP contribution in [0.15, 0.2) is 70.5 Å². The Balaban J connectivity index is 1.40. The maximum absolute atomic E-state index is 12.9. The highest BCUT2D eigenvalue weighted by Gasteiger charge is 2.32. The minimum absolute atomic E-state index is 0.0798. The first kappa shape index (κ1) is 19.6. The van der Waals surface area contributed by atoms with Crippen molar-refractivity contribution in [3.05, 3.63) is 77.4 Å². The van der Waals surface area contributed by atoms with E-state index < -0.39 is 10.0 Å². The standard InChI is InChI=1S/C21H21N3O3S2/c25-20(24(19-7-8-19)15-17-9-11-22-12-10-17)14-16-3-5-18(6-4-16)23-29(26,27)21-2-1-13-28-21/h1-6,9-13,19,23H,7-8,14-15H2. The SMILES string of the molecule is O=C(Cc1ccc(NS(=O)(=O)c2cccs2)cc1)N(Cc1ccncc1)C1CC1. The zero-order chi connectivity index (χ0) is 20.3. The van der Waals surface area contributed by atoms with Crippen LogP contribution in [0.25, 0.3) is 0 Å². The van der Waals surface area contributed by atoms with Crippen LogP contribution in [-0.4, -0.2) is 30.3 Å². The fourth-order valence-corrected chi connectivity index (χ4v) is 5.13. The summed E-state index contributed by atoms with van der Waals surface area (Å²) in [5.74, 6) is 0.0798. The van der Waals surface area contributed by atoms with E-state index in [1.54, 1.807) is 54.2 Å². The van der Waals surface area contributed by atoms with Crippen LogP contribution < -0.4 is 4.72 Å². The number of rotatable bonds is 8. The third kappa shape index (κ3) is 5.02. The van der Waals surface area contributed by atoms with Crippen molar-refractivity contribution in [3.8, 4) is 0 Å². The van der Waals surface area contributed by atoms with Gasteiger partial charge in [-0.25, -0.2) is 8.42 Å². The van der Waals surface area contributed by atoms with Crippen molar-refractivity contribution in [2.24, 2.45) is 0 Å². The number of nitrogens with one attached hydrogen (secondary N) is 1. The molecule has 0 atom stereocenters. The van der Waals surface area contributed by atoms with Gasteiger partial charge in [0.05, 0.1) is 6.42 Å². The monoisotopic (exact) mass is 427 g/mol. The zero-order valence-electron chi connectivity index (χ0n) is 15.7. The number of hydrogen-bond donors (Lipinski definition) is 1. The molecule has 0 saturated heterocycles. The molecule has 1 N–H and O–H groups in total. The van der Waals surface area contributed by atoms with Crippen molar-refractivity contribution in [2.45, 2.75) is 36.1 Å². The van der Waals surface area contributed by atoms with Crippen molar-refractivity contribution in [1.29, 1.82) is 0 Å². The first-order valence-corrected chi connectivity index (χ1v) is 11.7. The Hall–Kier alpha value is -2.71. The Morgan fingerprint density at radius 3 is 2.41 bits per heavy atom. The van der Waals surface area contributed by atoms with Gasteiger partial charge in [0, 0.05) is 30.7 Å². The Bertz CT molecular complexity index is 1060. The van der Waals surface area contributed by atoms with E-state index in [1.807, 2.05) is 17.0 Å².